The summed E-state index contributed by atoms with van der Waals surface area (Å²) in [5.74, 6) is 1.61. The topological polar surface area (TPSA) is 47.9 Å². The molecule has 1 heterocycles. The van der Waals surface area contributed by atoms with E-state index in [9.17, 15) is 0 Å². The monoisotopic (exact) mass is 286 g/mol. The minimum Gasteiger partial charge on any atom is -0.494 e. The summed E-state index contributed by atoms with van der Waals surface area (Å²) in [5.41, 5.74) is 2.74. The molecule has 4 nitrogen and oxygen atoms in total. The van der Waals surface area contributed by atoms with Crippen LogP contribution in [0.15, 0.2) is 42.5 Å². The first kappa shape index (κ1) is 13.9. The predicted molar refractivity (Wildman–Crippen MR) is 78.1 cm³/mol. The molecular weight excluding hydrogens is 268 g/mol. The Morgan fingerprint density at radius 3 is 2.95 bits per heavy atom. The van der Waals surface area contributed by atoms with Gasteiger partial charge in [-0.2, -0.15) is 0 Å². The third kappa shape index (κ3) is 3.01. The third-order valence-corrected chi connectivity index (χ3v) is 3.37. The van der Waals surface area contributed by atoms with Gasteiger partial charge in [-0.3, -0.25) is 0 Å². The second-order valence-electron chi connectivity index (χ2n) is 4.87. The summed E-state index contributed by atoms with van der Waals surface area (Å²) in [6.07, 6.45) is -0.433. The van der Waals surface area contributed by atoms with Gasteiger partial charge < -0.3 is 19.3 Å². The SMILES string of the molecule is CCOc1cccc(C2OCc3cc(CO)ccc3O2)c1. The van der Waals surface area contributed by atoms with Crippen LogP contribution in [0, 0.1) is 0 Å². The van der Waals surface area contributed by atoms with Crippen LogP contribution >= 0.6 is 0 Å². The molecule has 2 aromatic carbocycles. The lowest BCUT2D eigenvalue weighted by Gasteiger charge is -2.27. The van der Waals surface area contributed by atoms with Crippen LogP contribution in [0.3, 0.4) is 0 Å². The molecule has 0 spiro atoms. The van der Waals surface area contributed by atoms with Crippen molar-refractivity contribution in [3.63, 3.8) is 0 Å². The smallest absolute Gasteiger partial charge is 0.227 e. The van der Waals surface area contributed by atoms with Crippen LogP contribution in [-0.4, -0.2) is 11.7 Å². The predicted octanol–water partition coefficient (Wildman–Crippen LogP) is 3.19. The van der Waals surface area contributed by atoms with Crippen molar-refractivity contribution in [2.45, 2.75) is 26.4 Å². The molecule has 4 heteroatoms. The highest BCUT2D eigenvalue weighted by Crippen LogP contribution is 2.34. The molecule has 0 amide bonds. The van der Waals surface area contributed by atoms with Gasteiger partial charge in [0.15, 0.2) is 0 Å². The maximum atomic E-state index is 9.15. The Balaban J connectivity index is 1.81. The number of benzene rings is 2. The Morgan fingerprint density at radius 1 is 1.24 bits per heavy atom. The minimum absolute atomic E-state index is 0.0209. The molecule has 3 rings (SSSR count). The number of aliphatic hydroxyl groups is 1. The first-order chi connectivity index (χ1) is 10.3. The Morgan fingerprint density at radius 2 is 2.14 bits per heavy atom. The van der Waals surface area contributed by atoms with Crippen molar-refractivity contribution in [3.8, 4) is 11.5 Å². The average Bonchev–Trinajstić information content (AvgIpc) is 2.54. The van der Waals surface area contributed by atoms with E-state index in [1.165, 1.54) is 0 Å². The van der Waals surface area contributed by atoms with Crippen LogP contribution in [0.5, 0.6) is 11.5 Å². The molecule has 0 saturated carbocycles. The minimum atomic E-state index is -0.433. The summed E-state index contributed by atoms with van der Waals surface area (Å²) in [4.78, 5) is 0. The maximum Gasteiger partial charge on any atom is 0.227 e. The lowest BCUT2D eigenvalue weighted by molar-refractivity contribution is -0.111. The van der Waals surface area contributed by atoms with Gasteiger partial charge in [-0.15, -0.1) is 0 Å². The van der Waals surface area contributed by atoms with E-state index in [1.54, 1.807) is 0 Å². The molecule has 0 fully saturated rings. The summed E-state index contributed by atoms with van der Waals surface area (Å²) in [6, 6.07) is 13.4. The van der Waals surface area contributed by atoms with E-state index in [-0.39, 0.29) is 6.61 Å². The fourth-order valence-corrected chi connectivity index (χ4v) is 2.36. The lowest BCUT2D eigenvalue weighted by Crippen LogP contribution is -2.18. The summed E-state index contributed by atoms with van der Waals surface area (Å²) >= 11 is 0. The van der Waals surface area contributed by atoms with Crippen LogP contribution in [-0.2, 0) is 18.0 Å². The Hall–Kier alpha value is -2.04. The number of aliphatic hydroxyl groups excluding tert-OH is 1. The zero-order valence-corrected chi connectivity index (χ0v) is 11.9. The molecule has 21 heavy (non-hydrogen) atoms. The van der Waals surface area contributed by atoms with Gasteiger partial charge in [0, 0.05) is 11.1 Å². The maximum absolute atomic E-state index is 9.15. The number of rotatable bonds is 4. The van der Waals surface area contributed by atoms with Gasteiger partial charge in [-0.1, -0.05) is 18.2 Å². The molecule has 0 saturated heterocycles. The molecule has 0 aromatic heterocycles. The molecule has 0 aliphatic carbocycles. The second kappa shape index (κ2) is 6.16. The normalized spacial score (nSPS) is 17.0. The van der Waals surface area contributed by atoms with E-state index < -0.39 is 6.29 Å². The van der Waals surface area contributed by atoms with E-state index in [0.29, 0.717) is 13.2 Å². The number of fused-ring (bicyclic) bond motifs is 1. The zero-order valence-electron chi connectivity index (χ0n) is 11.9. The van der Waals surface area contributed by atoms with Crippen LogP contribution in [0.4, 0.5) is 0 Å². The molecule has 1 unspecified atom stereocenters. The summed E-state index contributed by atoms with van der Waals surface area (Å²) in [5, 5.41) is 9.15. The van der Waals surface area contributed by atoms with E-state index in [0.717, 1.165) is 28.2 Å². The number of hydrogen-bond acceptors (Lipinski definition) is 4. The van der Waals surface area contributed by atoms with Crippen LogP contribution in [0.2, 0.25) is 0 Å². The largest absolute Gasteiger partial charge is 0.494 e. The van der Waals surface area contributed by atoms with Crippen molar-refractivity contribution < 1.29 is 19.3 Å². The van der Waals surface area contributed by atoms with Gasteiger partial charge in [0.2, 0.25) is 6.29 Å². The van der Waals surface area contributed by atoms with Gasteiger partial charge in [-0.25, -0.2) is 0 Å². The van der Waals surface area contributed by atoms with Crippen molar-refractivity contribution in [1.82, 2.24) is 0 Å². The van der Waals surface area contributed by atoms with Crippen LogP contribution < -0.4 is 9.47 Å². The Kier molecular flexibility index (Phi) is 4.08. The van der Waals surface area contributed by atoms with Crippen LogP contribution in [0.1, 0.15) is 29.9 Å². The highest BCUT2D eigenvalue weighted by atomic mass is 16.7. The van der Waals surface area contributed by atoms with Gasteiger partial charge >= 0.3 is 0 Å². The highest BCUT2D eigenvalue weighted by Gasteiger charge is 2.22. The molecule has 1 aliphatic rings. The van der Waals surface area contributed by atoms with Crippen molar-refractivity contribution in [2.75, 3.05) is 6.61 Å². The van der Waals surface area contributed by atoms with Crippen molar-refractivity contribution in [2.24, 2.45) is 0 Å². The van der Waals surface area contributed by atoms with E-state index in [2.05, 4.69) is 0 Å². The molecule has 2 aromatic rings. The number of ether oxygens (including phenoxy) is 3. The molecule has 1 N–H and O–H groups in total. The zero-order chi connectivity index (χ0) is 14.7. The van der Waals surface area contributed by atoms with Crippen molar-refractivity contribution in [3.05, 3.63) is 59.2 Å². The Bertz CT molecular complexity index is 624. The molecule has 1 aliphatic heterocycles. The number of hydrogen-bond donors (Lipinski definition) is 1. The van der Waals surface area contributed by atoms with Gasteiger partial charge in [0.1, 0.15) is 11.5 Å². The molecule has 0 radical (unpaired) electrons. The quantitative estimate of drug-likeness (QED) is 0.937. The van der Waals surface area contributed by atoms with Crippen molar-refractivity contribution in [1.29, 1.82) is 0 Å². The summed E-state index contributed by atoms with van der Waals surface area (Å²) < 4.78 is 17.2. The first-order valence-corrected chi connectivity index (χ1v) is 7.04. The second-order valence-corrected chi connectivity index (χ2v) is 4.87. The van der Waals surface area contributed by atoms with Gasteiger partial charge in [-0.05, 0) is 36.8 Å². The van der Waals surface area contributed by atoms with Crippen molar-refractivity contribution >= 4 is 0 Å². The molecule has 1 atom stereocenters. The van der Waals surface area contributed by atoms with E-state index >= 15 is 0 Å². The molecular formula is C17H18O4. The first-order valence-electron chi connectivity index (χ1n) is 7.04. The van der Waals surface area contributed by atoms with Gasteiger partial charge in [0.05, 0.1) is 19.8 Å². The van der Waals surface area contributed by atoms with E-state index in [4.69, 9.17) is 19.3 Å². The average molecular weight is 286 g/mol. The highest BCUT2D eigenvalue weighted by molar-refractivity contribution is 5.39. The standard InChI is InChI=1S/C17H18O4/c1-2-19-15-5-3-4-13(9-15)17-20-11-14-8-12(10-18)6-7-16(14)21-17/h3-9,17-18H,2,10-11H2,1H3. The molecule has 0 bridgehead atoms. The van der Waals surface area contributed by atoms with Gasteiger partial charge in [0.25, 0.3) is 0 Å². The van der Waals surface area contributed by atoms with E-state index in [1.807, 2.05) is 49.4 Å². The molecule has 110 valence electrons. The lowest BCUT2D eigenvalue weighted by atomic mass is 10.1. The Labute approximate surface area is 123 Å². The fraction of sp³-hybridized carbons (Fsp3) is 0.294. The fourth-order valence-electron chi connectivity index (χ4n) is 2.36. The summed E-state index contributed by atoms with van der Waals surface area (Å²) in [7, 11) is 0. The summed E-state index contributed by atoms with van der Waals surface area (Å²) in [6.45, 7) is 3.07. The third-order valence-electron chi connectivity index (χ3n) is 3.37. The van der Waals surface area contributed by atoms with Crippen LogP contribution in [0.25, 0.3) is 0 Å².